The van der Waals surface area contributed by atoms with Crippen molar-refractivity contribution in [2.45, 2.75) is 44.6 Å². The summed E-state index contributed by atoms with van der Waals surface area (Å²) in [5, 5.41) is 2.87. The van der Waals surface area contributed by atoms with Gasteiger partial charge in [0.05, 0.1) is 18.6 Å². The number of esters is 1. The van der Waals surface area contributed by atoms with Crippen LogP contribution in [0.1, 0.15) is 49.0 Å². The maximum absolute atomic E-state index is 14.6. The van der Waals surface area contributed by atoms with Gasteiger partial charge in [0.1, 0.15) is 17.1 Å². The molecule has 1 atom stereocenters. The SMILES string of the molecule is CC[C@@H](C)Oc1ccc(NC(=O)C2(c3ccccc3F)CCOCC2)cc1C(=O)OC. The van der Waals surface area contributed by atoms with Gasteiger partial charge in [0.2, 0.25) is 5.91 Å². The molecular weight excluding hydrogens is 401 g/mol. The molecule has 1 saturated heterocycles. The molecular formula is C24H28FNO5. The number of anilines is 1. The molecule has 7 heteroatoms. The van der Waals surface area contributed by atoms with Crippen LogP contribution in [0.3, 0.4) is 0 Å². The zero-order chi connectivity index (χ0) is 22.4. The summed E-state index contributed by atoms with van der Waals surface area (Å²) < 4.78 is 30.8. The average Bonchev–Trinajstić information content (AvgIpc) is 2.80. The van der Waals surface area contributed by atoms with Crippen molar-refractivity contribution < 1.29 is 28.2 Å². The minimum atomic E-state index is -1.05. The second kappa shape index (κ2) is 9.92. The van der Waals surface area contributed by atoms with Gasteiger partial charge in [-0.05, 0) is 50.5 Å². The van der Waals surface area contributed by atoms with Crippen LogP contribution in [0.4, 0.5) is 10.1 Å². The Morgan fingerprint density at radius 1 is 1.19 bits per heavy atom. The number of hydrogen-bond donors (Lipinski definition) is 1. The summed E-state index contributed by atoms with van der Waals surface area (Å²) >= 11 is 0. The lowest BCUT2D eigenvalue weighted by molar-refractivity contribution is -0.125. The third-order valence-electron chi connectivity index (χ3n) is 5.72. The third-order valence-corrected chi connectivity index (χ3v) is 5.72. The number of carbonyl (C=O) groups is 2. The van der Waals surface area contributed by atoms with Gasteiger partial charge in [-0.2, -0.15) is 0 Å². The quantitative estimate of drug-likeness (QED) is 0.657. The Morgan fingerprint density at radius 2 is 1.90 bits per heavy atom. The van der Waals surface area contributed by atoms with Crippen LogP contribution in [0.25, 0.3) is 0 Å². The lowest BCUT2D eigenvalue weighted by Gasteiger charge is -2.36. The predicted octanol–water partition coefficient (Wildman–Crippen LogP) is 4.48. The normalized spacial score (nSPS) is 16.3. The van der Waals surface area contributed by atoms with E-state index >= 15 is 0 Å². The highest BCUT2D eigenvalue weighted by Gasteiger charge is 2.43. The van der Waals surface area contributed by atoms with Crippen molar-refractivity contribution in [1.82, 2.24) is 0 Å². The summed E-state index contributed by atoms with van der Waals surface area (Å²) in [5.41, 5.74) is -0.0849. The Hall–Kier alpha value is -2.93. The second-order valence-electron chi connectivity index (χ2n) is 7.67. The van der Waals surface area contributed by atoms with E-state index in [9.17, 15) is 14.0 Å². The molecule has 0 saturated carbocycles. The van der Waals surface area contributed by atoms with E-state index < -0.39 is 17.2 Å². The Balaban J connectivity index is 1.93. The smallest absolute Gasteiger partial charge is 0.341 e. The van der Waals surface area contributed by atoms with E-state index in [1.807, 2.05) is 13.8 Å². The lowest BCUT2D eigenvalue weighted by atomic mass is 9.73. The number of hydrogen-bond acceptors (Lipinski definition) is 5. The van der Waals surface area contributed by atoms with Gasteiger partial charge in [0.15, 0.2) is 0 Å². The van der Waals surface area contributed by atoms with Gasteiger partial charge in [-0.3, -0.25) is 4.79 Å². The third kappa shape index (κ3) is 4.88. The number of halogens is 1. The molecule has 1 aliphatic heterocycles. The molecule has 1 aliphatic rings. The second-order valence-corrected chi connectivity index (χ2v) is 7.67. The van der Waals surface area contributed by atoms with Crippen LogP contribution >= 0.6 is 0 Å². The van der Waals surface area contributed by atoms with E-state index in [0.717, 1.165) is 6.42 Å². The summed E-state index contributed by atoms with van der Waals surface area (Å²) in [4.78, 5) is 25.7. The molecule has 0 aliphatic carbocycles. The van der Waals surface area contributed by atoms with Crippen molar-refractivity contribution in [3.05, 3.63) is 59.4 Å². The Bertz CT molecular complexity index is 939. The number of nitrogens with one attached hydrogen (secondary N) is 1. The molecule has 0 aromatic heterocycles. The van der Waals surface area contributed by atoms with E-state index in [-0.39, 0.29) is 17.6 Å². The Labute approximate surface area is 181 Å². The predicted molar refractivity (Wildman–Crippen MR) is 115 cm³/mol. The molecule has 0 bridgehead atoms. The molecule has 1 amide bonds. The maximum atomic E-state index is 14.6. The number of rotatable bonds is 7. The first kappa shape index (κ1) is 22.7. The highest BCUT2D eigenvalue weighted by Crippen LogP contribution is 2.38. The van der Waals surface area contributed by atoms with Crippen LogP contribution in [0.5, 0.6) is 5.75 Å². The summed E-state index contributed by atoms with van der Waals surface area (Å²) in [7, 11) is 1.29. The molecule has 1 N–H and O–H groups in total. The molecule has 0 radical (unpaired) electrons. The number of amides is 1. The maximum Gasteiger partial charge on any atom is 0.341 e. The monoisotopic (exact) mass is 429 g/mol. The van der Waals surface area contributed by atoms with Crippen molar-refractivity contribution in [2.75, 3.05) is 25.6 Å². The number of ether oxygens (including phenoxy) is 3. The molecule has 1 heterocycles. The first-order valence-electron chi connectivity index (χ1n) is 10.4. The largest absolute Gasteiger partial charge is 0.490 e. The minimum Gasteiger partial charge on any atom is -0.490 e. The van der Waals surface area contributed by atoms with E-state index in [2.05, 4.69) is 5.32 Å². The average molecular weight is 429 g/mol. The first-order valence-corrected chi connectivity index (χ1v) is 10.4. The highest BCUT2D eigenvalue weighted by atomic mass is 19.1. The molecule has 3 rings (SSSR count). The van der Waals surface area contributed by atoms with Crippen molar-refractivity contribution in [3.63, 3.8) is 0 Å². The van der Waals surface area contributed by atoms with Crippen LogP contribution in [-0.2, 0) is 19.7 Å². The molecule has 166 valence electrons. The number of methoxy groups -OCH3 is 1. The van der Waals surface area contributed by atoms with E-state index in [0.29, 0.717) is 43.1 Å². The topological polar surface area (TPSA) is 73.9 Å². The van der Waals surface area contributed by atoms with Gasteiger partial charge in [-0.25, -0.2) is 9.18 Å². The fourth-order valence-electron chi connectivity index (χ4n) is 3.72. The zero-order valence-corrected chi connectivity index (χ0v) is 18.1. The standard InChI is InChI=1S/C24H28FNO5/c1-4-16(2)31-21-10-9-17(15-18(21)22(27)29-3)26-23(28)24(11-13-30-14-12-24)19-7-5-6-8-20(19)25/h5-10,15-16H,4,11-14H2,1-3H3,(H,26,28)/t16-/m1/s1. The molecule has 31 heavy (non-hydrogen) atoms. The van der Waals surface area contributed by atoms with Gasteiger partial charge in [0.25, 0.3) is 0 Å². The number of carbonyl (C=O) groups excluding carboxylic acids is 2. The van der Waals surface area contributed by atoms with Gasteiger partial charge in [0, 0.05) is 24.5 Å². The van der Waals surface area contributed by atoms with Gasteiger partial charge in [-0.15, -0.1) is 0 Å². The summed E-state index contributed by atoms with van der Waals surface area (Å²) in [5.74, 6) is -0.947. The molecule has 1 fully saturated rings. The van der Waals surface area contributed by atoms with Crippen molar-refractivity contribution in [1.29, 1.82) is 0 Å². The summed E-state index contributed by atoms with van der Waals surface area (Å²) in [6.45, 7) is 4.60. The highest BCUT2D eigenvalue weighted by molar-refractivity contribution is 6.01. The van der Waals surface area contributed by atoms with Crippen LogP contribution in [0, 0.1) is 5.82 Å². The van der Waals surface area contributed by atoms with Gasteiger partial charge in [-0.1, -0.05) is 25.1 Å². The van der Waals surface area contributed by atoms with E-state index in [4.69, 9.17) is 14.2 Å². The van der Waals surface area contributed by atoms with E-state index in [1.165, 1.54) is 19.2 Å². The van der Waals surface area contributed by atoms with Crippen LogP contribution < -0.4 is 10.1 Å². The van der Waals surface area contributed by atoms with Gasteiger partial charge < -0.3 is 19.5 Å². The molecule has 0 spiro atoms. The number of benzene rings is 2. The van der Waals surface area contributed by atoms with Crippen molar-refractivity contribution in [2.24, 2.45) is 0 Å². The van der Waals surface area contributed by atoms with Crippen molar-refractivity contribution in [3.8, 4) is 5.75 Å². The summed E-state index contributed by atoms with van der Waals surface area (Å²) in [6.07, 6.45) is 1.40. The molecule has 0 unspecified atom stereocenters. The van der Waals surface area contributed by atoms with Crippen LogP contribution in [-0.4, -0.2) is 38.3 Å². The molecule has 2 aromatic rings. The minimum absolute atomic E-state index is 0.0876. The first-order chi connectivity index (χ1) is 14.9. The molecule has 2 aromatic carbocycles. The zero-order valence-electron chi connectivity index (χ0n) is 18.1. The molecule has 6 nitrogen and oxygen atoms in total. The fraction of sp³-hybridized carbons (Fsp3) is 0.417. The lowest BCUT2D eigenvalue weighted by Crippen LogP contribution is -2.45. The Morgan fingerprint density at radius 3 is 2.55 bits per heavy atom. The van der Waals surface area contributed by atoms with Crippen molar-refractivity contribution >= 4 is 17.6 Å². The fourth-order valence-corrected chi connectivity index (χ4v) is 3.72. The Kier molecular flexibility index (Phi) is 7.28. The van der Waals surface area contributed by atoms with Crippen LogP contribution in [0.15, 0.2) is 42.5 Å². The summed E-state index contributed by atoms with van der Waals surface area (Å²) in [6, 6.07) is 11.1. The van der Waals surface area contributed by atoms with Gasteiger partial charge >= 0.3 is 5.97 Å². The van der Waals surface area contributed by atoms with Crippen LogP contribution in [0.2, 0.25) is 0 Å². The van der Waals surface area contributed by atoms with E-state index in [1.54, 1.807) is 30.3 Å².